The Morgan fingerprint density at radius 3 is 2.47 bits per heavy atom. The fraction of sp³-hybridized carbons (Fsp3) is 0.846. The van der Waals surface area contributed by atoms with Crippen LogP contribution in [0.3, 0.4) is 0 Å². The van der Waals surface area contributed by atoms with Gasteiger partial charge >= 0.3 is 12.0 Å². The number of aliphatic carboxylic acids is 1. The molecule has 1 fully saturated rings. The molecule has 19 heavy (non-hydrogen) atoms. The van der Waals surface area contributed by atoms with Gasteiger partial charge in [0.15, 0.2) is 0 Å². The van der Waals surface area contributed by atoms with Crippen LogP contribution in [0.25, 0.3) is 0 Å². The van der Waals surface area contributed by atoms with Gasteiger partial charge in [-0.1, -0.05) is 19.3 Å². The zero-order valence-electron chi connectivity index (χ0n) is 11.3. The molecule has 1 saturated carbocycles. The third-order valence-electron chi connectivity index (χ3n) is 3.14. The molecule has 0 unspecified atom stereocenters. The van der Waals surface area contributed by atoms with E-state index in [2.05, 4.69) is 10.6 Å². The SMILES string of the molecule is O=C(O)CCNC(=O)NCCCOC1CCCCC1. The lowest BCUT2D eigenvalue weighted by molar-refractivity contribution is -0.136. The van der Waals surface area contributed by atoms with Crippen LogP contribution in [0.5, 0.6) is 0 Å². The molecule has 0 radical (unpaired) electrons. The quantitative estimate of drug-likeness (QED) is 0.584. The minimum atomic E-state index is -0.916. The lowest BCUT2D eigenvalue weighted by Crippen LogP contribution is -2.37. The van der Waals surface area contributed by atoms with Crippen molar-refractivity contribution in [3.05, 3.63) is 0 Å². The summed E-state index contributed by atoms with van der Waals surface area (Å²) in [6.07, 6.45) is 7.27. The molecule has 1 aliphatic carbocycles. The van der Waals surface area contributed by atoms with E-state index in [0.717, 1.165) is 19.3 Å². The molecule has 0 aromatic heterocycles. The minimum absolute atomic E-state index is 0.0573. The first-order valence-corrected chi connectivity index (χ1v) is 7.03. The lowest BCUT2D eigenvalue weighted by Gasteiger charge is -2.21. The van der Waals surface area contributed by atoms with Crippen molar-refractivity contribution in [1.29, 1.82) is 0 Å². The fourth-order valence-electron chi connectivity index (χ4n) is 2.10. The smallest absolute Gasteiger partial charge is 0.314 e. The molecular weight excluding hydrogens is 248 g/mol. The molecular formula is C13H24N2O4. The highest BCUT2D eigenvalue weighted by atomic mass is 16.5. The molecule has 0 aromatic carbocycles. The highest BCUT2D eigenvalue weighted by Gasteiger charge is 2.12. The van der Waals surface area contributed by atoms with Crippen molar-refractivity contribution in [2.75, 3.05) is 19.7 Å². The first kappa shape index (κ1) is 15.8. The van der Waals surface area contributed by atoms with E-state index in [1.165, 1.54) is 19.3 Å². The van der Waals surface area contributed by atoms with E-state index in [1.54, 1.807) is 0 Å². The second-order valence-electron chi connectivity index (χ2n) is 4.81. The summed E-state index contributed by atoms with van der Waals surface area (Å²) in [4.78, 5) is 21.5. The molecule has 0 saturated heterocycles. The largest absolute Gasteiger partial charge is 0.481 e. The van der Waals surface area contributed by atoms with E-state index in [9.17, 15) is 9.59 Å². The van der Waals surface area contributed by atoms with Gasteiger partial charge < -0.3 is 20.5 Å². The van der Waals surface area contributed by atoms with Crippen LogP contribution in [0.2, 0.25) is 0 Å². The molecule has 0 aliphatic heterocycles. The van der Waals surface area contributed by atoms with Gasteiger partial charge in [-0.15, -0.1) is 0 Å². The van der Waals surface area contributed by atoms with Crippen LogP contribution in [0, 0.1) is 0 Å². The van der Waals surface area contributed by atoms with Crippen LogP contribution >= 0.6 is 0 Å². The van der Waals surface area contributed by atoms with Gasteiger partial charge in [0.2, 0.25) is 0 Å². The summed E-state index contributed by atoms with van der Waals surface area (Å²) in [7, 11) is 0. The van der Waals surface area contributed by atoms with Crippen molar-refractivity contribution in [2.24, 2.45) is 0 Å². The Balaban J connectivity index is 1.89. The maximum atomic E-state index is 11.2. The molecule has 0 aromatic rings. The summed E-state index contributed by atoms with van der Waals surface area (Å²) in [5.41, 5.74) is 0. The second-order valence-corrected chi connectivity index (χ2v) is 4.81. The Bertz CT molecular complexity index is 278. The number of carbonyl (C=O) groups excluding carboxylic acids is 1. The third kappa shape index (κ3) is 8.42. The highest BCUT2D eigenvalue weighted by molar-refractivity contribution is 5.74. The van der Waals surface area contributed by atoms with Crippen LogP contribution in [0.4, 0.5) is 4.79 Å². The summed E-state index contributed by atoms with van der Waals surface area (Å²) in [5, 5.41) is 13.6. The normalized spacial score (nSPS) is 16.0. The first-order valence-electron chi connectivity index (χ1n) is 7.03. The van der Waals surface area contributed by atoms with Crippen LogP contribution in [0.1, 0.15) is 44.9 Å². The zero-order chi connectivity index (χ0) is 13.9. The van der Waals surface area contributed by atoms with Gasteiger partial charge in [0, 0.05) is 19.7 Å². The van der Waals surface area contributed by atoms with Crippen molar-refractivity contribution in [1.82, 2.24) is 10.6 Å². The minimum Gasteiger partial charge on any atom is -0.481 e. The van der Waals surface area contributed by atoms with Crippen LogP contribution in [0.15, 0.2) is 0 Å². The summed E-state index contributed by atoms with van der Waals surface area (Å²) in [6.45, 7) is 1.37. The zero-order valence-corrected chi connectivity index (χ0v) is 11.3. The average Bonchev–Trinajstić information content (AvgIpc) is 2.39. The molecule has 6 heteroatoms. The average molecular weight is 272 g/mol. The Morgan fingerprint density at radius 2 is 1.79 bits per heavy atom. The molecule has 3 N–H and O–H groups in total. The summed E-state index contributed by atoms with van der Waals surface area (Å²) < 4.78 is 5.73. The Kier molecular flexibility index (Phi) is 7.97. The third-order valence-corrected chi connectivity index (χ3v) is 3.14. The van der Waals surface area contributed by atoms with Crippen LogP contribution in [-0.2, 0) is 9.53 Å². The highest BCUT2D eigenvalue weighted by Crippen LogP contribution is 2.20. The Hall–Kier alpha value is -1.30. The molecule has 0 spiro atoms. The summed E-state index contributed by atoms with van der Waals surface area (Å²) in [5.74, 6) is -0.916. The number of hydrogen-bond donors (Lipinski definition) is 3. The number of nitrogens with one attached hydrogen (secondary N) is 2. The van der Waals surface area contributed by atoms with Gasteiger partial charge in [0.05, 0.1) is 12.5 Å². The number of amides is 2. The van der Waals surface area contributed by atoms with Crippen molar-refractivity contribution in [2.45, 2.75) is 51.0 Å². The maximum Gasteiger partial charge on any atom is 0.314 e. The molecule has 1 aliphatic rings. The standard InChI is InChI=1S/C13H24N2O4/c16-12(17)7-9-15-13(18)14-8-4-10-19-11-5-2-1-3-6-11/h11H,1-10H2,(H,16,17)(H2,14,15,18). The number of urea groups is 1. The van der Waals surface area contributed by atoms with E-state index in [-0.39, 0.29) is 19.0 Å². The lowest BCUT2D eigenvalue weighted by atomic mass is 9.98. The van der Waals surface area contributed by atoms with Crippen molar-refractivity contribution in [3.8, 4) is 0 Å². The van der Waals surface area contributed by atoms with Gasteiger partial charge in [0.1, 0.15) is 0 Å². The van der Waals surface area contributed by atoms with E-state index >= 15 is 0 Å². The van der Waals surface area contributed by atoms with Gasteiger partial charge in [-0.05, 0) is 19.3 Å². The molecule has 0 atom stereocenters. The topological polar surface area (TPSA) is 87.7 Å². The van der Waals surface area contributed by atoms with Gasteiger partial charge in [0.25, 0.3) is 0 Å². The van der Waals surface area contributed by atoms with Gasteiger partial charge in [-0.2, -0.15) is 0 Å². The molecule has 6 nitrogen and oxygen atoms in total. The number of carbonyl (C=O) groups is 2. The van der Waals surface area contributed by atoms with E-state index in [0.29, 0.717) is 19.3 Å². The molecule has 110 valence electrons. The molecule has 0 bridgehead atoms. The first-order chi connectivity index (χ1) is 9.18. The number of ether oxygens (including phenoxy) is 1. The number of rotatable bonds is 8. The van der Waals surface area contributed by atoms with Crippen molar-refractivity contribution >= 4 is 12.0 Å². The van der Waals surface area contributed by atoms with Gasteiger partial charge in [-0.3, -0.25) is 4.79 Å². The van der Waals surface area contributed by atoms with E-state index in [1.807, 2.05) is 0 Å². The van der Waals surface area contributed by atoms with Crippen LogP contribution < -0.4 is 10.6 Å². The second kappa shape index (κ2) is 9.61. The Morgan fingerprint density at radius 1 is 1.11 bits per heavy atom. The molecule has 1 rings (SSSR count). The number of carboxylic acids is 1. The van der Waals surface area contributed by atoms with Crippen LogP contribution in [-0.4, -0.2) is 42.9 Å². The maximum absolute atomic E-state index is 11.2. The summed E-state index contributed by atoms with van der Waals surface area (Å²) >= 11 is 0. The molecule has 2 amide bonds. The summed E-state index contributed by atoms with van der Waals surface area (Å²) in [6, 6.07) is -0.320. The monoisotopic (exact) mass is 272 g/mol. The van der Waals surface area contributed by atoms with E-state index in [4.69, 9.17) is 9.84 Å². The van der Waals surface area contributed by atoms with E-state index < -0.39 is 5.97 Å². The predicted octanol–water partition coefficient (Wildman–Crippen LogP) is 1.50. The number of carboxylic acid groups (broad SMARTS) is 1. The number of hydrogen-bond acceptors (Lipinski definition) is 3. The Labute approximate surface area is 113 Å². The van der Waals surface area contributed by atoms with Crippen molar-refractivity contribution in [3.63, 3.8) is 0 Å². The molecule has 0 heterocycles. The van der Waals surface area contributed by atoms with Gasteiger partial charge in [-0.25, -0.2) is 4.79 Å². The fourth-order valence-corrected chi connectivity index (χ4v) is 2.10. The predicted molar refractivity (Wildman–Crippen MR) is 71.1 cm³/mol. The van der Waals surface area contributed by atoms with Crippen molar-refractivity contribution < 1.29 is 19.4 Å².